The SMILES string of the molecule is O=C(Oc1ccc(OC(=O)c2ccccn2)cc1)c1ccccn1. The van der Waals surface area contributed by atoms with Crippen molar-refractivity contribution < 1.29 is 19.1 Å². The molecule has 2 aromatic heterocycles. The van der Waals surface area contributed by atoms with Gasteiger partial charge in [0.1, 0.15) is 22.9 Å². The number of aromatic nitrogens is 2. The summed E-state index contributed by atoms with van der Waals surface area (Å²) in [4.78, 5) is 31.6. The average molecular weight is 320 g/mol. The second kappa shape index (κ2) is 7.15. The number of hydrogen-bond acceptors (Lipinski definition) is 6. The molecule has 2 heterocycles. The Morgan fingerprint density at radius 3 is 1.38 bits per heavy atom. The molecule has 24 heavy (non-hydrogen) atoms. The molecule has 0 spiro atoms. The standard InChI is InChI=1S/C18H12N2O4/c21-17(15-5-1-3-11-19-15)23-13-7-9-14(10-8-13)24-18(22)16-6-2-4-12-20-16/h1-12H. The van der Waals surface area contributed by atoms with Crippen molar-refractivity contribution in [3.8, 4) is 11.5 Å². The molecule has 6 nitrogen and oxygen atoms in total. The van der Waals surface area contributed by atoms with Crippen LogP contribution in [0, 0.1) is 0 Å². The molecule has 0 N–H and O–H groups in total. The van der Waals surface area contributed by atoms with Crippen LogP contribution in [0.25, 0.3) is 0 Å². The molecule has 0 bridgehead atoms. The van der Waals surface area contributed by atoms with Crippen LogP contribution in [0.1, 0.15) is 21.0 Å². The van der Waals surface area contributed by atoms with E-state index in [-0.39, 0.29) is 11.4 Å². The van der Waals surface area contributed by atoms with Crippen molar-refractivity contribution >= 4 is 11.9 Å². The molecule has 6 heteroatoms. The van der Waals surface area contributed by atoms with Crippen molar-refractivity contribution in [2.45, 2.75) is 0 Å². The first-order chi connectivity index (χ1) is 11.7. The molecular formula is C18H12N2O4. The number of esters is 2. The Labute approximate surface area is 137 Å². The molecule has 3 rings (SSSR count). The molecule has 1 aromatic carbocycles. The van der Waals surface area contributed by atoms with Crippen LogP contribution in [-0.4, -0.2) is 21.9 Å². The summed E-state index contributed by atoms with van der Waals surface area (Å²) in [5.74, 6) is -0.478. The van der Waals surface area contributed by atoms with Crippen molar-refractivity contribution in [2.75, 3.05) is 0 Å². The third-order valence-corrected chi connectivity index (χ3v) is 2.99. The largest absolute Gasteiger partial charge is 0.422 e. The lowest BCUT2D eigenvalue weighted by molar-refractivity contribution is 0.0713. The van der Waals surface area contributed by atoms with Gasteiger partial charge in [0.25, 0.3) is 0 Å². The second-order valence-corrected chi connectivity index (χ2v) is 4.68. The highest BCUT2D eigenvalue weighted by Crippen LogP contribution is 2.19. The molecular weight excluding hydrogens is 308 g/mol. The number of rotatable bonds is 4. The molecule has 3 aromatic rings. The fourth-order valence-corrected chi connectivity index (χ4v) is 1.86. The van der Waals surface area contributed by atoms with Crippen molar-refractivity contribution in [1.82, 2.24) is 9.97 Å². The number of pyridine rings is 2. The Hall–Kier alpha value is -3.54. The van der Waals surface area contributed by atoms with Gasteiger partial charge in [0, 0.05) is 12.4 Å². The van der Waals surface area contributed by atoms with Crippen molar-refractivity contribution in [3.63, 3.8) is 0 Å². The summed E-state index contributed by atoms with van der Waals surface area (Å²) in [6.45, 7) is 0. The molecule has 0 unspecified atom stereocenters. The first-order valence-corrected chi connectivity index (χ1v) is 7.09. The maximum atomic E-state index is 11.9. The molecule has 0 atom stereocenters. The summed E-state index contributed by atoms with van der Waals surface area (Å²) < 4.78 is 10.4. The number of hydrogen-bond donors (Lipinski definition) is 0. The first kappa shape index (κ1) is 15.4. The summed E-state index contributed by atoms with van der Waals surface area (Å²) in [5, 5.41) is 0. The lowest BCUT2D eigenvalue weighted by atomic mass is 10.3. The van der Waals surface area contributed by atoms with E-state index in [9.17, 15) is 9.59 Å². The molecule has 0 amide bonds. The van der Waals surface area contributed by atoms with Gasteiger partial charge in [-0.2, -0.15) is 0 Å². The zero-order chi connectivity index (χ0) is 16.8. The average Bonchev–Trinajstić information content (AvgIpc) is 2.65. The van der Waals surface area contributed by atoms with Gasteiger partial charge >= 0.3 is 11.9 Å². The molecule has 0 aliphatic heterocycles. The molecule has 118 valence electrons. The quantitative estimate of drug-likeness (QED) is 0.543. The van der Waals surface area contributed by atoms with E-state index in [2.05, 4.69) is 9.97 Å². The molecule has 0 aliphatic rings. The highest BCUT2D eigenvalue weighted by atomic mass is 16.5. The second-order valence-electron chi connectivity index (χ2n) is 4.68. The van der Waals surface area contributed by atoms with Crippen LogP contribution in [0.3, 0.4) is 0 Å². The third kappa shape index (κ3) is 3.80. The van der Waals surface area contributed by atoms with E-state index >= 15 is 0 Å². The predicted molar refractivity (Wildman–Crippen MR) is 84.8 cm³/mol. The van der Waals surface area contributed by atoms with Crippen LogP contribution in [0.15, 0.2) is 73.1 Å². The first-order valence-electron chi connectivity index (χ1n) is 7.09. The maximum absolute atomic E-state index is 11.9. The van der Waals surface area contributed by atoms with Crippen LogP contribution >= 0.6 is 0 Å². The molecule has 0 saturated heterocycles. The van der Waals surface area contributed by atoms with Gasteiger partial charge in [-0.1, -0.05) is 12.1 Å². The summed E-state index contributed by atoms with van der Waals surface area (Å²) in [7, 11) is 0. The highest BCUT2D eigenvalue weighted by Gasteiger charge is 2.11. The lowest BCUT2D eigenvalue weighted by Crippen LogP contribution is -2.11. The molecule has 0 saturated carbocycles. The Kier molecular flexibility index (Phi) is 4.57. The fraction of sp³-hybridized carbons (Fsp3) is 0. The molecule has 0 aliphatic carbocycles. The van der Waals surface area contributed by atoms with E-state index in [4.69, 9.17) is 9.47 Å². The van der Waals surface area contributed by atoms with Gasteiger partial charge in [0.15, 0.2) is 0 Å². The smallest absolute Gasteiger partial charge is 0.362 e. The Bertz CT molecular complexity index is 761. The summed E-state index contributed by atoms with van der Waals surface area (Å²) in [5.41, 5.74) is 0.423. The van der Waals surface area contributed by atoms with Crippen LogP contribution in [-0.2, 0) is 0 Å². The minimum atomic E-state index is -0.561. The van der Waals surface area contributed by atoms with E-state index in [1.807, 2.05) is 0 Å². The van der Waals surface area contributed by atoms with E-state index in [1.54, 1.807) is 36.4 Å². The van der Waals surface area contributed by atoms with E-state index in [1.165, 1.54) is 36.7 Å². The van der Waals surface area contributed by atoms with Crippen molar-refractivity contribution in [3.05, 3.63) is 84.4 Å². The third-order valence-electron chi connectivity index (χ3n) is 2.99. The van der Waals surface area contributed by atoms with Gasteiger partial charge in [0.2, 0.25) is 0 Å². The topological polar surface area (TPSA) is 78.4 Å². The predicted octanol–water partition coefficient (Wildman–Crippen LogP) is 2.92. The van der Waals surface area contributed by atoms with Crippen LogP contribution in [0.4, 0.5) is 0 Å². The number of ether oxygens (including phenoxy) is 2. The number of benzene rings is 1. The molecule has 0 fully saturated rings. The lowest BCUT2D eigenvalue weighted by Gasteiger charge is -2.06. The molecule has 0 radical (unpaired) electrons. The van der Waals surface area contributed by atoms with Gasteiger partial charge in [-0.25, -0.2) is 19.6 Å². The van der Waals surface area contributed by atoms with Gasteiger partial charge < -0.3 is 9.47 Å². The Morgan fingerprint density at radius 2 is 1.04 bits per heavy atom. The summed E-state index contributed by atoms with van der Waals surface area (Å²) in [6, 6.07) is 16.1. The van der Waals surface area contributed by atoms with Crippen LogP contribution in [0.2, 0.25) is 0 Å². The normalized spacial score (nSPS) is 10.0. The Morgan fingerprint density at radius 1 is 0.625 bits per heavy atom. The number of carbonyl (C=O) groups is 2. The van der Waals surface area contributed by atoms with Crippen molar-refractivity contribution in [2.24, 2.45) is 0 Å². The maximum Gasteiger partial charge on any atom is 0.362 e. The van der Waals surface area contributed by atoms with Gasteiger partial charge in [0.05, 0.1) is 0 Å². The summed E-state index contributed by atoms with van der Waals surface area (Å²) in [6.07, 6.45) is 3.02. The van der Waals surface area contributed by atoms with Crippen molar-refractivity contribution in [1.29, 1.82) is 0 Å². The Balaban J connectivity index is 1.63. The van der Waals surface area contributed by atoms with E-state index in [0.717, 1.165) is 0 Å². The van der Waals surface area contributed by atoms with Gasteiger partial charge in [-0.3, -0.25) is 0 Å². The minimum Gasteiger partial charge on any atom is -0.422 e. The van der Waals surface area contributed by atoms with Gasteiger partial charge in [-0.15, -0.1) is 0 Å². The van der Waals surface area contributed by atoms with Crippen LogP contribution in [0.5, 0.6) is 11.5 Å². The minimum absolute atomic E-state index is 0.211. The number of carbonyl (C=O) groups excluding carboxylic acids is 2. The van der Waals surface area contributed by atoms with Gasteiger partial charge in [-0.05, 0) is 48.5 Å². The summed E-state index contributed by atoms with van der Waals surface area (Å²) >= 11 is 0. The van der Waals surface area contributed by atoms with Crippen LogP contribution < -0.4 is 9.47 Å². The highest BCUT2D eigenvalue weighted by molar-refractivity contribution is 5.89. The number of nitrogens with zero attached hydrogens (tertiary/aromatic N) is 2. The zero-order valence-corrected chi connectivity index (χ0v) is 12.5. The van der Waals surface area contributed by atoms with E-state index < -0.39 is 11.9 Å². The fourth-order valence-electron chi connectivity index (χ4n) is 1.86. The zero-order valence-electron chi connectivity index (χ0n) is 12.5. The monoisotopic (exact) mass is 320 g/mol. The van der Waals surface area contributed by atoms with E-state index in [0.29, 0.717) is 11.5 Å².